The van der Waals surface area contributed by atoms with Crippen molar-refractivity contribution in [1.82, 2.24) is 25.1 Å². The van der Waals surface area contributed by atoms with Crippen LogP contribution < -0.4 is 10.2 Å². The highest BCUT2D eigenvalue weighted by molar-refractivity contribution is 5.96. The number of hydrogen-bond acceptors (Lipinski definition) is 5. The van der Waals surface area contributed by atoms with E-state index in [0.717, 1.165) is 30.3 Å². The summed E-state index contributed by atoms with van der Waals surface area (Å²) < 4.78 is 1.72. The highest BCUT2D eigenvalue weighted by atomic mass is 16.1. The first-order chi connectivity index (χ1) is 11.6. The van der Waals surface area contributed by atoms with Gasteiger partial charge >= 0.3 is 0 Å². The molecule has 0 atom stereocenters. The number of aryl methyl sites for hydroxylation is 2. The molecule has 1 fully saturated rings. The van der Waals surface area contributed by atoms with Crippen LogP contribution in [0.4, 0.5) is 5.82 Å². The molecule has 2 aromatic rings. The van der Waals surface area contributed by atoms with Crippen LogP contribution in [0.2, 0.25) is 0 Å². The molecule has 3 heterocycles. The first-order valence-electron chi connectivity index (χ1n) is 8.41. The van der Waals surface area contributed by atoms with Gasteiger partial charge in [-0.2, -0.15) is 5.10 Å². The number of aromatic nitrogens is 4. The zero-order valence-electron chi connectivity index (χ0n) is 14.5. The third kappa shape index (κ3) is 3.39. The highest BCUT2D eigenvalue weighted by Crippen LogP contribution is 2.17. The van der Waals surface area contributed by atoms with Crippen molar-refractivity contribution in [2.24, 2.45) is 7.05 Å². The van der Waals surface area contributed by atoms with E-state index in [4.69, 9.17) is 0 Å². The number of amides is 1. The van der Waals surface area contributed by atoms with Crippen molar-refractivity contribution < 1.29 is 4.79 Å². The van der Waals surface area contributed by atoms with Crippen molar-refractivity contribution in [2.75, 3.05) is 18.0 Å². The second-order valence-electron chi connectivity index (χ2n) is 6.23. The molecule has 128 valence electrons. The van der Waals surface area contributed by atoms with E-state index in [9.17, 15) is 4.79 Å². The van der Waals surface area contributed by atoms with Gasteiger partial charge < -0.3 is 10.2 Å². The SMILES string of the molecule is Cc1nn(C)c(C)c1C(=O)NCc1nccc(N2CCCCC2)n1. The van der Waals surface area contributed by atoms with Crippen LogP contribution in [0, 0.1) is 13.8 Å². The molecule has 0 saturated carbocycles. The fourth-order valence-electron chi connectivity index (χ4n) is 3.12. The second kappa shape index (κ2) is 6.98. The maximum atomic E-state index is 12.4. The molecule has 1 aliphatic rings. The van der Waals surface area contributed by atoms with Crippen LogP contribution >= 0.6 is 0 Å². The van der Waals surface area contributed by atoms with Gasteiger partial charge in [-0.3, -0.25) is 9.48 Å². The van der Waals surface area contributed by atoms with Crippen LogP contribution in [0.1, 0.15) is 46.8 Å². The zero-order chi connectivity index (χ0) is 17.1. The first kappa shape index (κ1) is 16.4. The number of anilines is 1. The quantitative estimate of drug-likeness (QED) is 0.925. The molecule has 0 radical (unpaired) electrons. The number of carbonyl (C=O) groups is 1. The monoisotopic (exact) mass is 328 g/mol. The third-order valence-corrected chi connectivity index (χ3v) is 4.51. The smallest absolute Gasteiger partial charge is 0.255 e. The Kier molecular flexibility index (Phi) is 4.78. The zero-order valence-corrected chi connectivity index (χ0v) is 14.5. The molecule has 1 aliphatic heterocycles. The molecule has 7 heteroatoms. The fourth-order valence-corrected chi connectivity index (χ4v) is 3.12. The minimum atomic E-state index is -0.134. The third-order valence-electron chi connectivity index (χ3n) is 4.51. The van der Waals surface area contributed by atoms with Crippen LogP contribution in [0.3, 0.4) is 0 Å². The van der Waals surface area contributed by atoms with Crippen molar-refractivity contribution in [3.8, 4) is 0 Å². The Morgan fingerprint density at radius 3 is 2.67 bits per heavy atom. The number of rotatable bonds is 4. The van der Waals surface area contributed by atoms with Gasteiger partial charge in [0.05, 0.1) is 17.8 Å². The van der Waals surface area contributed by atoms with Crippen LogP contribution in [0.5, 0.6) is 0 Å². The Bertz CT molecular complexity index is 733. The molecule has 2 aromatic heterocycles. The summed E-state index contributed by atoms with van der Waals surface area (Å²) >= 11 is 0. The van der Waals surface area contributed by atoms with Crippen LogP contribution in [0.15, 0.2) is 12.3 Å². The predicted molar refractivity (Wildman–Crippen MR) is 91.9 cm³/mol. The summed E-state index contributed by atoms with van der Waals surface area (Å²) in [5.74, 6) is 1.44. The van der Waals surface area contributed by atoms with Crippen LogP contribution in [0.25, 0.3) is 0 Å². The summed E-state index contributed by atoms with van der Waals surface area (Å²) in [6, 6.07) is 1.94. The lowest BCUT2D eigenvalue weighted by molar-refractivity contribution is 0.0948. The minimum Gasteiger partial charge on any atom is -0.357 e. The molecule has 0 aliphatic carbocycles. The number of carbonyl (C=O) groups excluding carboxylic acids is 1. The fraction of sp³-hybridized carbons (Fsp3) is 0.529. The summed E-state index contributed by atoms with van der Waals surface area (Å²) in [6.07, 6.45) is 5.46. The van der Waals surface area contributed by atoms with Crippen LogP contribution in [-0.4, -0.2) is 38.7 Å². The maximum Gasteiger partial charge on any atom is 0.255 e. The lowest BCUT2D eigenvalue weighted by Crippen LogP contribution is -2.31. The normalized spacial score (nSPS) is 14.7. The standard InChI is InChI=1S/C17H24N6O/c1-12-16(13(2)22(3)21-12)17(24)19-11-14-18-8-7-15(20-14)23-9-5-4-6-10-23/h7-8H,4-6,9-11H2,1-3H3,(H,19,24). The van der Waals surface area contributed by atoms with Gasteiger partial charge in [0.1, 0.15) is 11.6 Å². The van der Waals surface area contributed by atoms with Gasteiger partial charge in [0.2, 0.25) is 0 Å². The van der Waals surface area contributed by atoms with Crippen molar-refractivity contribution in [3.63, 3.8) is 0 Å². The average Bonchev–Trinajstić information content (AvgIpc) is 2.86. The molecule has 3 rings (SSSR count). The van der Waals surface area contributed by atoms with Crippen molar-refractivity contribution >= 4 is 11.7 Å². The van der Waals surface area contributed by atoms with Crippen molar-refractivity contribution in [1.29, 1.82) is 0 Å². The molecule has 0 aromatic carbocycles. The number of nitrogens with one attached hydrogen (secondary N) is 1. The first-order valence-corrected chi connectivity index (χ1v) is 8.41. The van der Waals surface area contributed by atoms with Gasteiger partial charge in [-0.25, -0.2) is 9.97 Å². The second-order valence-corrected chi connectivity index (χ2v) is 6.23. The molecule has 0 unspecified atom stereocenters. The maximum absolute atomic E-state index is 12.4. The van der Waals surface area contributed by atoms with E-state index in [1.807, 2.05) is 27.0 Å². The Balaban J connectivity index is 1.67. The molecule has 0 spiro atoms. The lowest BCUT2D eigenvalue weighted by atomic mass is 10.1. The molecular formula is C17H24N6O. The molecular weight excluding hydrogens is 304 g/mol. The Morgan fingerprint density at radius 2 is 2.00 bits per heavy atom. The Hall–Kier alpha value is -2.44. The van der Waals surface area contributed by atoms with Gasteiger partial charge in [-0.1, -0.05) is 0 Å². The molecule has 0 bridgehead atoms. The molecule has 1 saturated heterocycles. The average molecular weight is 328 g/mol. The predicted octanol–water partition coefficient (Wildman–Crippen LogP) is 1.75. The summed E-state index contributed by atoms with van der Waals surface area (Å²) in [5, 5.41) is 7.18. The summed E-state index contributed by atoms with van der Waals surface area (Å²) in [4.78, 5) is 23.6. The van der Waals surface area contributed by atoms with E-state index in [2.05, 4.69) is 25.3 Å². The molecule has 1 N–H and O–H groups in total. The summed E-state index contributed by atoms with van der Waals surface area (Å²) in [5.41, 5.74) is 2.22. The van der Waals surface area contributed by atoms with E-state index in [-0.39, 0.29) is 5.91 Å². The summed E-state index contributed by atoms with van der Waals surface area (Å²) in [6.45, 7) is 6.12. The number of hydrogen-bond donors (Lipinski definition) is 1. The minimum absolute atomic E-state index is 0.134. The Morgan fingerprint density at radius 1 is 1.25 bits per heavy atom. The van der Waals surface area contributed by atoms with E-state index in [1.165, 1.54) is 19.3 Å². The van der Waals surface area contributed by atoms with E-state index >= 15 is 0 Å². The van der Waals surface area contributed by atoms with Gasteiger partial charge in [-0.05, 0) is 39.2 Å². The summed E-state index contributed by atoms with van der Waals surface area (Å²) in [7, 11) is 1.84. The van der Waals surface area contributed by atoms with Crippen molar-refractivity contribution in [2.45, 2.75) is 39.7 Å². The van der Waals surface area contributed by atoms with Crippen molar-refractivity contribution in [3.05, 3.63) is 35.0 Å². The van der Waals surface area contributed by atoms with Gasteiger partial charge in [-0.15, -0.1) is 0 Å². The number of piperidine rings is 1. The molecule has 24 heavy (non-hydrogen) atoms. The Labute approximate surface area is 142 Å². The van der Waals surface area contributed by atoms with Gasteiger partial charge in [0.25, 0.3) is 5.91 Å². The number of nitrogens with zero attached hydrogens (tertiary/aromatic N) is 5. The molecule has 7 nitrogen and oxygen atoms in total. The van der Waals surface area contributed by atoms with Gasteiger partial charge in [0.15, 0.2) is 0 Å². The highest BCUT2D eigenvalue weighted by Gasteiger charge is 2.18. The molecule has 1 amide bonds. The van der Waals surface area contributed by atoms with E-state index < -0.39 is 0 Å². The van der Waals surface area contributed by atoms with E-state index in [0.29, 0.717) is 17.9 Å². The topological polar surface area (TPSA) is 75.9 Å². The van der Waals surface area contributed by atoms with Gasteiger partial charge in [0, 0.05) is 32.0 Å². The van der Waals surface area contributed by atoms with E-state index in [1.54, 1.807) is 10.9 Å². The lowest BCUT2D eigenvalue weighted by Gasteiger charge is -2.27. The van der Waals surface area contributed by atoms with Crippen LogP contribution in [-0.2, 0) is 13.6 Å². The largest absolute Gasteiger partial charge is 0.357 e.